The van der Waals surface area contributed by atoms with Crippen LogP contribution < -0.4 is 11.1 Å². The van der Waals surface area contributed by atoms with Gasteiger partial charge in [-0.25, -0.2) is 4.79 Å². The highest BCUT2D eigenvalue weighted by Crippen LogP contribution is 2.15. The smallest absolute Gasteiger partial charge is 0.326 e. The molecular weight excluding hydrogens is 304 g/mol. The van der Waals surface area contributed by atoms with Gasteiger partial charge in [-0.15, -0.1) is 0 Å². The molecule has 0 bridgehead atoms. The van der Waals surface area contributed by atoms with Crippen LogP contribution in [0.2, 0.25) is 0 Å². The van der Waals surface area contributed by atoms with E-state index in [-0.39, 0.29) is 5.56 Å². The van der Waals surface area contributed by atoms with E-state index in [4.69, 9.17) is 10.8 Å². The van der Waals surface area contributed by atoms with Gasteiger partial charge >= 0.3 is 5.97 Å². The van der Waals surface area contributed by atoms with Crippen molar-refractivity contribution < 1.29 is 19.5 Å². The maximum absolute atomic E-state index is 11.8. The number of halogens is 1. The first-order valence-electron chi connectivity index (χ1n) is 4.98. The minimum atomic E-state index is -1.33. The van der Waals surface area contributed by atoms with Crippen LogP contribution in [-0.2, 0) is 9.59 Å². The van der Waals surface area contributed by atoms with Crippen molar-refractivity contribution in [3.63, 3.8) is 0 Å². The van der Waals surface area contributed by atoms with Crippen molar-refractivity contribution in [2.75, 3.05) is 0 Å². The molecule has 0 saturated heterocycles. The van der Waals surface area contributed by atoms with Gasteiger partial charge in [0.05, 0.1) is 12.0 Å². The van der Waals surface area contributed by atoms with Crippen LogP contribution in [0.1, 0.15) is 16.8 Å². The molecule has 1 aromatic rings. The summed E-state index contributed by atoms with van der Waals surface area (Å²) in [6.07, 6.45) is -0.453. The SMILES string of the molecule is NC(=O)C[C@@H](NC(=O)c1ccccc1Br)C(=O)O. The summed E-state index contributed by atoms with van der Waals surface area (Å²) in [4.78, 5) is 33.4. The molecule has 0 aliphatic rings. The number of carbonyl (C=O) groups is 3. The average molecular weight is 315 g/mol. The van der Waals surface area contributed by atoms with Crippen molar-refractivity contribution in [3.8, 4) is 0 Å². The Morgan fingerprint density at radius 2 is 1.94 bits per heavy atom. The molecule has 1 atom stereocenters. The number of carbonyl (C=O) groups excluding carboxylic acids is 2. The second-order valence-electron chi connectivity index (χ2n) is 3.51. The molecule has 96 valence electrons. The Morgan fingerprint density at radius 1 is 1.33 bits per heavy atom. The molecule has 4 N–H and O–H groups in total. The molecule has 0 spiro atoms. The van der Waals surface area contributed by atoms with Crippen LogP contribution in [0.15, 0.2) is 28.7 Å². The molecule has 1 rings (SSSR count). The fraction of sp³-hybridized carbons (Fsp3) is 0.182. The van der Waals surface area contributed by atoms with E-state index in [2.05, 4.69) is 21.2 Å². The number of amides is 2. The summed E-state index contributed by atoms with van der Waals surface area (Å²) in [6, 6.07) is 5.21. The van der Waals surface area contributed by atoms with Crippen LogP contribution in [0.5, 0.6) is 0 Å². The predicted molar refractivity (Wildman–Crippen MR) is 66.8 cm³/mol. The summed E-state index contributed by atoms with van der Waals surface area (Å²) in [5.41, 5.74) is 5.20. The molecule has 0 aliphatic carbocycles. The van der Waals surface area contributed by atoms with Crippen molar-refractivity contribution in [1.29, 1.82) is 0 Å². The highest BCUT2D eigenvalue weighted by atomic mass is 79.9. The third kappa shape index (κ3) is 3.85. The summed E-state index contributed by atoms with van der Waals surface area (Å²) in [6.45, 7) is 0. The first-order chi connectivity index (χ1) is 8.41. The molecule has 0 radical (unpaired) electrons. The molecule has 7 heteroatoms. The molecule has 18 heavy (non-hydrogen) atoms. The highest BCUT2D eigenvalue weighted by Gasteiger charge is 2.23. The maximum atomic E-state index is 11.8. The fourth-order valence-corrected chi connectivity index (χ4v) is 1.75. The number of carboxylic acid groups (broad SMARTS) is 1. The van der Waals surface area contributed by atoms with Crippen molar-refractivity contribution in [3.05, 3.63) is 34.3 Å². The zero-order chi connectivity index (χ0) is 13.7. The van der Waals surface area contributed by atoms with Gasteiger partial charge in [-0.2, -0.15) is 0 Å². The Labute approximate surface area is 111 Å². The molecule has 0 aromatic heterocycles. The van der Waals surface area contributed by atoms with Gasteiger partial charge in [-0.1, -0.05) is 12.1 Å². The van der Waals surface area contributed by atoms with Crippen molar-refractivity contribution in [2.24, 2.45) is 5.73 Å². The van der Waals surface area contributed by atoms with Gasteiger partial charge < -0.3 is 16.2 Å². The van der Waals surface area contributed by atoms with Crippen LogP contribution in [0.4, 0.5) is 0 Å². The third-order valence-electron chi connectivity index (χ3n) is 2.13. The Kier molecular flexibility index (Phi) is 4.85. The standard InChI is InChI=1S/C11H11BrN2O4/c12-7-4-2-1-3-6(7)10(16)14-8(11(17)18)5-9(13)15/h1-4,8H,5H2,(H2,13,15)(H,14,16)(H,17,18)/t8-/m1/s1. The molecule has 6 nitrogen and oxygen atoms in total. The lowest BCUT2D eigenvalue weighted by molar-refractivity contribution is -0.140. The second-order valence-corrected chi connectivity index (χ2v) is 4.37. The second kappa shape index (κ2) is 6.15. The summed E-state index contributed by atoms with van der Waals surface area (Å²) < 4.78 is 0.533. The van der Waals surface area contributed by atoms with Gasteiger partial charge in [0.25, 0.3) is 5.91 Å². The number of nitrogens with one attached hydrogen (secondary N) is 1. The quantitative estimate of drug-likeness (QED) is 0.735. The monoisotopic (exact) mass is 314 g/mol. The van der Waals surface area contributed by atoms with Gasteiger partial charge in [-0.3, -0.25) is 9.59 Å². The van der Waals surface area contributed by atoms with Crippen LogP contribution >= 0.6 is 15.9 Å². The molecule has 0 heterocycles. The minimum absolute atomic E-state index is 0.285. The van der Waals surface area contributed by atoms with Gasteiger partial charge in [0.1, 0.15) is 6.04 Å². The van der Waals surface area contributed by atoms with Gasteiger partial charge in [0.15, 0.2) is 0 Å². The largest absolute Gasteiger partial charge is 0.480 e. The van der Waals surface area contributed by atoms with E-state index in [1.807, 2.05) is 0 Å². The molecular formula is C11H11BrN2O4. The third-order valence-corrected chi connectivity index (χ3v) is 2.82. The van der Waals surface area contributed by atoms with Gasteiger partial charge in [-0.05, 0) is 28.1 Å². The predicted octanol–water partition coefficient (Wildman–Crippen LogP) is 0.507. The van der Waals surface area contributed by atoms with Crippen LogP contribution in [-0.4, -0.2) is 28.9 Å². The summed E-state index contributed by atoms with van der Waals surface area (Å²) >= 11 is 3.17. The lowest BCUT2D eigenvalue weighted by Crippen LogP contribution is -2.43. The summed E-state index contributed by atoms with van der Waals surface area (Å²) in [7, 11) is 0. The van der Waals surface area contributed by atoms with E-state index in [0.29, 0.717) is 4.47 Å². The number of nitrogens with two attached hydrogens (primary N) is 1. The zero-order valence-corrected chi connectivity index (χ0v) is 10.8. The maximum Gasteiger partial charge on any atom is 0.326 e. The number of carboxylic acids is 1. The van der Waals surface area contributed by atoms with Crippen molar-refractivity contribution in [1.82, 2.24) is 5.32 Å². The first-order valence-corrected chi connectivity index (χ1v) is 5.77. The van der Waals surface area contributed by atoms with Gasteiger partial charge in [0, 0.05) is 4.47 Å². The minimum Gasteiger partial charge on any atom is -0.480 e. The number of benzene rings is 1. The average Bonchev–Trinajstić information content (AvgIpc) is 2.27. The molecule has 0 fully saturated rings. The van der Waals surface area contributed by atoms with E-state index < -0.39 is 30.2 Å². The molecule has 0 aliphatic heterocycles. The van der Waals surface area contributed by atoms with Gasteiger partial charge in [0.2, 0.25) is 5.91 Å². The Bertz CT molecular complexity index is 490. The normalized spacial score (nSPS) is 11.6. The number of hydrogen-bond donors (Lipinski definition) is 3. The molecule has 2 amide bonds. The Hall–Kier alpha value is -1.89. The van der Waals surface area contributed by atoms with Crippen LogP contribution in [0.25, 0.3) is 0 Å². The summed E-state index contributed by atoms with van der Waals surface area (Å²) in [5.74, 6) is -2.69. The van der Waals surface area contributed by atoms with E-state index in [1.165, 1.54) is 6.07 Å². The van der Waals surface area contributed by atoms with Crippen molar-refractivity contribution in [2.45, 2.75) is 12.5 Å². The highest BCUT2D eigenvalue weighted by molar-refractivity contribution is 9.10. The Morgan fingerprint density at radius 3 is 2.44 bits per heavy atom. The van der Waals surface area contributed by atoms with E-state index in [0.717, 1.165) is 0 Å². The fourth-order valence-electron chi connectivity index (χ4n) is 1.28. The van der Waals surface area contributed by atoms with Crippen molar-refractivity contribution >= 4 is 33.7 Å². The molecule has 0 unspecified atom stereocenters. The molecule has 0 saturated carbocycles. The number of rotatable bonds is 5. The topological polar surface area (TPSA) is 109 Å². The van der Waals surface area contributed by atoms with Crippen LogP contribution in [0.3, 0.4) is 0 Å². The van der Waals surface area contributed by atoms with Crippen LogP contribution in [0, 0.1) is 0 Å². The summed E-state index contributed by atoms with van der Waals surface area (Å²) in [5, 5.41) is 11.1. The number of primary amides is 1. The molecule has 1 aromatic carbocycles. The van der Waals surface area contributed by atoms with E-state index >= 15 is 0 Å². The van der Waals surface area contributed by atoms with E-state index in [9.17, 15) is 14.4 Å². The Balaban J connectivity index is 2.82. The zero-order valence-electron chi connectivity index (χ0n) is 9.22. The lowest BCUT2D eigenvalue weighted by atomic mass is 10.1. The first kappa shape index (κ1) is 14.2. The lowest BCUT2D eigenvalue weighted by Gasteiger charge is -2.13. The number of hydrogen-bond acceptors (Lipinski definition) is 3. The number of aliphatic carboxylic acids is 1. The van der Waals surface area contributed by atoms with E-state index in [1.54, 1.807) is 18.2 Å².